The van der Waals surface area contributed by atoms with Crippen LogP contribution >= 0.6 is 0 Å². The third-order valence-corrected chi connectivity index (χ3v) is 10.8. The van der Waals surface area contributed by atoms with E-state index >= 15 is 0 Å². The van der Waals surface area contributed by atoms with Crippen molar-refractivity contribution in [3.8, 4) is 0 Å². The fourth-order valence-corrected chi connectivity index (χ4v) is 4.48. The topological polar surface area (TPSA) is 69.4 Å². The molecule has 1 aromatic rings. The summed E-state index contributed by atoms with van der Waals surface area (Å²) in [5.41, 5.74) is 0.867. The zero-order valence-corrected chi connectivity index (χ0v) is 17.7. The molecule has 0 N–H and O–H groups in total. The highest BCUT2D eigenvalue weighted by Gasteiger charge is 2.50. The number of benzene rings is 1. The number of hydrogen-bond donors (Lipinski definition) is 0. The minimum atomic E-state index is -2.04. The van der Waals surface area contributed by atoms with Crippen LogP contribution in [0.15, 0.2) is 30.3 Å². The van der Waals surface area contributed by atoms with Gasteiger partial charge in [0.15, 0.2) is 8.32 Å². The monoisotopic (exact) mass is 377 g/mol. The Morgan fingerprint density at radius 3 is 2.31 bits per heavy atom. The first-order valence-electron chi connectivity index (χ1n) is 9.31. The molecule has 144 valence electrons. The van der Waals surface area contributed by atoms with E-state index in [-0.39, 0.29) is 40.6 Å². The average Bonchev–Trinajstić information content (AvgIpc) is 2.55. The molecule has 1 aliphatic carbocycles. The lowest BCUT2D eigenvalue weighted by Crippen LogP contribution is -2.50. The lowest BCUT2D eigenvalue weighted by molar-refractivity contribution is -0.540. The van der Waals surface area contributed by atoms with Crippen LogP contribution in [0.5, 0.6) is 0 Å². The van der Waals surface area contributed by atoms with E-state index in [2.05, 4.69) is 33.9 Å². The molecule has 0 heterocycles. The SMILES string of the molecule is C[C@H]1C(=O)C[C@H](c2ccccc2)[C@@H]([N+](=O)[O-])[C@H]1CO[Si](C)(C)C(C)(C)C. The average molecular weight is 378 g/mol. The van der Waals surface area contributed by atoms with Gasteiger partial charge in [-0.3, -0.25) is 14.9 Å². The summed E-state index contributed by atoms with van der Waals surface area (Å²) in [6, 6.07) is 8.60. The second-order valence-corrected chi connectivity index (χ2v) is 13.8. The molecule has 0 saturated heterocycles. The van der Waals surface area contributed by atoms with E-state index in [4.69, 9.17) is 4.43 Å². The molecule has 0 spiro atoms. The van der Waals surface area contributed by atoms with Crippen molar-refractivity contribution in [1.29, 1.82) is 0 Å². The van der Waals surface area contributed by atoms with Crippen LogP contribution in [-0.2, 0) is 9.22 Å². The highest BCUT2D eigenvalue weighted by atomic mass is 28.4. The van der Waals surface area contributed by atoms with Gasteiger partial charge in [-0.1, -0.05) is 58.0 Å². The van der Waals surface area contributed by atoms with Crippen LogP contribution in [0.1, 0.15) is 45.6 Å². The number of carbonyl (C=O) groups is 1. The molecule has 2 rings (SSSR count). The first kappa shape index (κ1) is 20.8. The quantitative estimate of drug-likeness (QED) is 0.425. The number of ketones is 1. The summed E-state index contributed by atoms with van der Waals surface area (Å²) in [6.07, 6.45) is 0.230. The second kappa shape index (κ2) is 7.60. The van der Waals surface area contributed by atoms with Crippen molar-refractivity contribution >= 4 is 14.1 Å². The van der Waals surface area contributed by atoms with Crippen LogP contribution in [0.4, 0.5) is 0 Å². The molecule has 0 amide bonds. The Morgan fingerprint density at radius 2 is 1.81 bits per heavy atom. The van der Waals surface area contributed by atoms with Gasteiger partial charge in [0.25, 0.3) is 0 Å². The van der Waals surface area contributed by atoms with Gasteiger partial charge in [-0.15, -0.1) is 0 Å². The Hall–Kier alpha value is -1.53. The van der Waals surface area contributed by atoms with Crippen molar-refractivity contribution in [2.75, 3.05) is 6.61 Å². The van der Waals surface area contributed by atoms with Crippen LogP contribution in [0, 0.1) is 22.0 Å². The number of hydrogen-bond acceptors (Lipinski definition) is 4. The molecule has 1 fully saturated rings. The fraction of sp³-hybridized carbons (Fsp3) is 0.650. The number of carbonyl (C=O) groups excluding carboxylic acids is 1. The Balaban J connectivity index is 2.32. The number of nitrogens with zero attached hydrogens (tertiary/aromatic N) is 1. The summed E-state index contributed by atoms with van der Waals surface area (Å²) in [6.45, 7) is 12.8. The van der Waals surface area contributed by atoms with E-state index in [0.717, 1.165) is 5.56 Å². The number of rotatable bonds is 5. The molecule has 0 aliphatic heterocycles. The predicted molar refractivity (Wildman–Crippen MR) is 105 cm³/mol. The molecule has 0 bridgehead atoms. The largest absolute Gasteiger partial charge is 0.416 e. The summed E-state index contributed by atoms with van der Waals surface area (Å²) in [4.78, 5) is 24.4. The van der Waals surface area contributed by atoms with Gasteiger partial charge in [-0.05, 0) is 23.7 Å². The Morgan fingerprint density at radius 1 is 1.23 bits per heavy atom. The highest BCUT2D eigenvalue weighted by Crippen LogP contribution is 2.42. The van der Waals surface area contributed by atoms with Crippen molar-refractivity contribution in [3.63, 3.8) is 0 Å². The van der Waals surface area contributed by atoms with Crippen LogP contribution in [0.25, 0.3) is 0 Å². The molecule has 1 aromatic carbocycles. The minimum Gasteiger partial charge on any atom is -0.416 e. The van der Waals surface area contributed by atoms with Gasteiger partial charge >= 0.3 is 0 Å². The minimum absolute atomic E-state index is 0.0257. The summed E-state index contributed by atoms with van der Waals surface area (Å²) in [5.74, 6) is -1.04. The number of Topliss-reactive ketones (excluding diaryl/α,β-unsaturated/α-hetero) is 1. The summed E-state index contributed by atoms with van der Waals surface area (Å²) < 4.78 is 6.30. The molecular weight excluding hydrogens is 346 g/mol. The van der Waals surface area contributed by atoms with Gasteiger partial charge in [0.2, 0.25) is 6.04 Å². The zero-order chi connectivity index (χ0) is 19.7. The second-order valence-electron chi connectivity index (χ2n) is 8.99. The maximum absolute atomic E-state index is 12.6. The lowest BCUT2D eigenvalue weighted by Gasteiger charge is -2.40. The Labute approximate surface area is 157 Å². The molecule has 4 atom stereocenters. The maximum Gasteiger partial charge on any atom is 0.225 e. The Kier molecular flexibility index (Phi) is 6.08. The molecule has 0 aromatic heterocycles. The van der Waals surface area contributed by atoms with Gasteiger partial charge in [-0.2, -0.15) is 0 Å². The molecule has 1 saturated carbocycles. The molecule has 5 nitrogen and oxygen atoms in total. The van der Waals surface area contributed by atoms with E-state index in [1.807, 2.05) is 37.3 Å². The van der Waals surface area contributed by atoms with Crippen molar-refractivity contribution in [2.24, 2.45) is 11.8 Å². The van der Waals surface area contributed by atoms with Gasteiger partial charge in [-0.25, -0.2) is 0 Å². The zero-order valence-electron chi connectivity index (χ0n) is 16.7. The van der Waals surface area contributed by atoms with Crippen molar-refractivity contribution in [2.45, 2.75) is 64.2 Å². The van der Waals surface area contributed by atoms with Gasteiger partial charge in [0.1, 0.15) is 5.78 Å². The molecule has 0 radical (unpaired) electrons. The van der Waals surface area contributed by atoms with E-state index in [1.165, 1.54) is 0 Å². The van der Waals surface area contributed by atoms with Gasteiger partial charge in [0.05, 0.1) is 11.8 Å². The van der Waals surface area contributed by atoms with Crippen LogP contribution in [0.3, 0.4) is 0 Å². The van der Waals surface area contributed by atoms with Gasteiger partial charge in [0, 0.05) is 23.9 Å². The summed E-state index contributed by atoms with van der Waals surface area (Å²) >= 11 is 0. The van der Waals surface area contributed by atoms with E-state index in [0.29, 0.717) is 0 Å². The van der Waals surface area contributed by atoms with Crippen LogP contribution in [0.2, 0.25) is 18.1 Å². The van der Waals surface area contributed by atoms with Crippen molar-refractivity contribution < 1.29 is 14.1 Å². The standard InChI is InChI=1S/C20H31NO4Si/c1-14-17(13-25-26(5,6)20(2,3)4)19(21(23)24)16(12-18(14)22)15-10-8-7-9-11-15/h7-11,14,16-17,19H,12-13H2,1-6H3/t14-,16-,17+,19-/m1/s1. The third kappa shape index (κ3) is 4.23. The normalized spacial score (nSPS) is 27.4. The summed E-state index contributed by atoms with van der Waals surface area (Å²) in [7, 11) is -2.04. The molecule has 0 unspecified atom stereocenters. The Bertz CT molecular complexity index is 654. The van der Waals surface area contributed by atoms with Crippen molar-refractivity contribution in [1.82, 2.24) is 0 Å². The van der Waals surface area contributed by atoms with Gasteiger partial charge < -0.3 is 4.43 Å². The smallest absolute Gasteiger partial charge is 0.225 e. The third-order valence-electron chi connectivity index (χ3n) is 6.34. The molecular formula is C20H31NO4Si. The molecule has 26 heavy (non-hydrogen) atoms. The molecule has 6 heteroatoms. The number of nitro groups is 1. The van der Waals surface area contributed by atoms with Crippen LogP contribution < -0.4 is 0 Å². The first-order valence-corrected chi connectivity index (χ1v) is 12.2. The van der Waals surface area contributed by atoms with E-state index in [1.54, 1.807) is 0 Å². The lowest BCUT2D eigenvalue weighted by atomic mass is 9.68. The molecule has 1 aliphatic rings. The predicted octanol–water partition coefficient (Wildman–Crippen LogP) is 4.66. The van der Waals surface area contributed by atoms with Crippen LogP contribution in [-0.4, -0.2) is 31.7 Å². The summed E-state index contributed by atoms with van der Waals surface area (Å²) in [5, 5.41) is 12.0. The fourth-order valence-electron chi connectivity index (χ4n) is 3.44. The highest BCUT2D eigenvalue weighted by molar-refractivity contribution is 6.74. The first-order chi connectivity index (χ1) is 12.0. The van der Waals surface area contributed by atoms with E-state index in [9.17, 15) is 14.9 Å². The van der Waals surface area contributed by atoms with Crippen molar-refractivity contribution in [3.05, 3.63) is 46.0 Å². The maximum atomic E-state index is 12.6. The van der Waals surface area contributed by atoms with E-state index < -0.39 is 20.3 Å².